The van der Waals surface area contributed by atoms with Crippen LogP contribution >= 0.6 is 0 Å². The van der Waals surface area contributed by atoms with E-state index in [4.69, 9.17) is 0 Å². The van der Waals surface area contributed by atoms with Crippen LogP contribution in [0.15, 0.2) is 30.5 Å². The molecule has 7 heteroatoms. The summed E-state index contributed by atoms with van der Waals surface area (Å²) in [4.78, 5) is 28.7. The largest absolute Gasteiger partial charge is 0.508 e. The summed E-state index contributed by atoms with van der Waals surface area (Å²) in [5, 5.41) is 15.8. The van der Waals surface area contributed by atoms with Crippen molar-refractivity contribution in [1.29, 1.82) is 0 Å². The van der Waals surface area contributed by atoms with Gasteiger partial charge in [-0.2, -0.15) is 0 Å². The molecule has 0 aliphatic heterocycles. The molecule has 1 aliphatic rings. The highest BCUT2D eigenvalue weighted by atomic mass is 19.1. The maximum absolute atomic E-state index is 14.4. The third kappa shape index (κ3) is 5.10. The van der Waals surface area contributed by atoms with E-state index in [2.05, 4.69) is 15.6 Å². The number of carbonyl (C=O) groups excluding carboxylic acids is 2. The summed E-state index contributed by atoms with van der Waals surface area (Å²) < 4.78 is 14.4. The molecule has 1 aromatic carbocycles. The number of hydrogen-bond donors (Lipinski definition) is 3. The zero-order valence-corrected chi connectivity index (χ0v) is 17.1. The molecule has 29 heavy (non-hydrogen) atoms. The van der Waals surface area contributed by atoms with E-state index >= 15 is 0 Å². The molecule has 3 rings (SSSR count). The predicted octanol–water partition coefficient (Wildman–Crippen LogP) is 3.69. The molecule has 0 spiro atoms. The Morgan fingerprint density at radius 2 is 1.93 bits per heavy atom. The van der Waals surface area contributed by atoms with Crippen molar-refractivity contribution in [1.82, 2.24) is 10.3 Å². The number of amides is 2. The second-order valence-electron chi connectivity index (χ2n) is 8.88. The average molecular weight is 399 g/mol. The van der Waals surface area contributed by atoms with E-state index in [1.54, 1.807) is 6.07 Å². The van der Waals surface area contributed by atoms with E-state index in [-0.39, 0.29) is 34.9 Å². The van der Waals surface area contributed by atoms with Crippen molar-refractivity contribution >= 4 is 17.5 Å². The number of halogens is 1. The van der Waals surface area contributed by atoms with Gasteiger partial charge in [-0.1, -0.05) is 20.8 Å². The van der Waals surface area contributed by atoms with Crippen LogP contribution in [-0.2, 0) is 16.6 Å². The van der Waals surface area contributed by atoms with Crippen LogP contribution in [0.5, 0.6) is 5.75 Å². The van der Waals surface area contributed by atoms with Gasteiger partial charge in [0.2, 0.25) is 5.91 Å². The van der Waals surface area contributed by atoms with Gasteiger partial charge in [-0.15, -0.1) is 0 Å². The molecule has 2 aromatic rings. The molecule has 3 N–H and O–H groups in total. The summed E-state index contributed by atoms with van der Waals surface area (Å²) in [7, 11) is 0. The molecule has 0 bridgehead atoms. The highest BCUT2D eigenvalue weighted by molar-refractivity contribution is 5.96. The third-order valence-corrected chi connectivity index (χ3v) is 5.02. The van der Waals surface area contributed by atoms with Gasteiger partial charge in [0.15, 0.2) is 0 Å². The fourth-order valence-corrected chi connectivity index (χ4v) is 3.00. The van der Waals surface area contributed by atoms with Gasteiger partial charge in [0, 0.05) is 28.6 Å². The van der Waals surface area contributed by atoms with Crippen LogP contribution in [0.25, 0.3) is 0 Å². The summed E-state index contributed by atoms with van der Waals surface area (Å²) in [6.45, 7) is 7.57. The van der Waals surface area contributed by atoms with Crippen LogP contribution in [0.2, 0.25) is 0 Å². The van der Waals surface area contributed by atoms with Gasteiger partial charge in [-0.3, -0.25) is 14.6 Å². The Hall–Kier alpha value is -2.96. The Morgan fingerprint density at radius 1 is 1.24 bits per heavy atom. The lowest BCUT2D eigenvalue weighted by Gasteiger charge is -2.21. The number of phenols is 1. The number of phenolic OH excluding ortho intramolecular Hbond substituents is 1. The minimum absolute atomic E-state index is 0.0434. The molecule has 154 valence electrons. The number of benzene rings is 1. The lowest BCUT2D eigenvalue weighted by atomic mass is 9.85. The SMILES string of the molecule is CC1(NC(=O)c2cc(NC(=O)Cc3cc(O)c(C(C)(C)C)cc3F)ccn2)CC1. The Morgan fingerprint density at radius 3 is 2.55 bits per heavy atom. The molecule has 1 saturated carbocycles. The quantitative estimate of drug-likeness (QED) is 0.715. The van der Waals surface area contributed by atoms with Crippen molar-refractivity contribution in [2.45, 2.75) is 57.9 Å². The number of anilines is 1. The van der Waals surface area contributed by atoms with Gasteiger partial charge in [-0.25, -0.2) is 4.39 Å². The number of nitrogens with one attached hydrogen (secondary N) is 2. The fourth-order valence-electron chi connectivity index (χ4n) is 3.00. The number of nitrogens with zero attached hydrogens (tertiary/aromatic N) is 1. The monoisotopic (exact) mass is 399 g/mol. The lowest BCUT2D eigenvalue weighted by Crippen LogP contribution is -2.34. The van der Waals surface area contributed by atoms with Crippen molar-refractivity contribution in [3.63, 3.8) is 0 Å². The minimum Gasteiger partial charge on any atom is -0.508 e. The van der Waals surface area contributed by atoms with E-state index < -0.39 is 17.1 Å². The number of hydrogen-bond acceptors (Lipinski definition) is 4. The topological polar surface area (TPSA) is 91.3 Å². The van der Waals surface area contributed by atoms with Gasteiger partial charge in [0.05, 0.1) is 6.42 Å². The summed E-state index contributed by atoms with van der Waals surface area (Å²) >= 11 is 0. The molecule has 0 unspecified atom stereocenters. The minimum atomic E-state index is -0.546. The van der Waals surface area contributed by atoms with Gasteiger partial charge in [-0.05, 0) is 49.4 Å². The second-order valence-corrected chi connectivity index (χ2v) is 8.88. The van der Waals surface area contributed by atoms with Crippen LogP contribution in [0, 0.1) is 5.82 Å². The standard InChI is InChI=1S/C22H26FN3O3/c1-21(2,3)15-12-16(23)13(9-18(15)27)10-19(28)25-14-5-8-24-17(11-14)20(29)26-22(4)6-7-22/h5,8-9,11-12,27H,6-7,10H2,1-4H3,(H,26,29)(H,24,25,28). The summed E-state index contributed by atoms with van der Waals surface area (Å²) in [5.41, 5.74) is 0.588. The van der Waals surface area contributed by atoms with Gasteiger partial charge in [0.25, 0.3) is 5.91 Å². The van der Waals surface area contributed by atoms with Crippen molar-refractivity contribution in [2.75, 3.05) is 5.32 Å². The predicted molar refractivity (Wildman–Crippen MR) is 108 cm³/mol. The number of pyridine rings is 1. The Balaban J connectivity index is 1.69. The summed E-state index contributed by atoms with van der Waals surface area (Å²) in [6.07, 6.45) is 3.05. The first kappa shape index (κ1) is 20.8. The lowest BCUT2D eigenvalue weighted by molar-refractivity contribution is -0.115. The number of aromatic hydroxyl groups is 1. The zero-order valence-electron chi connectivity index (χ0n) is 17.1. The van der Waals surface area contributed by atoms with Crippen molar-refractivity contribution in [3.05, 3.63) is 53.1 Å². The van der Waals surface area contributed by atoms with Crippen LogP contribution in [0.1, 0.15) is 62.2 Å². The molecule has 0 radical (unpaired) electrons. The Bertz CT molecular complexity index is 962. The Kier molecular flexibility index (Phi) is 5.34. The second kappa shape index (κ2) is 7.46. The molecule has 0 saturated heterocycles. The van der Waals surface area contributed by atoms with Crippen LogP contribution in [0.4, 0.5) is 10.1 Å². The van der Waals surface area contributed by atoms with Gasteiger partial charge < -0.3 is 15.7 Å². The zero-order chi connectivity index (χ0) is 21.4. The molecular formula is C22H26FN3O3. The molecule has 1 aliphatic carbocycles. The molecule has 2 amide bonds. The summed E-state index contributed by atoms with van der Waals surface area (Å²) in [5.74, 6) is -1.35. The molecule has 1 fully saturated rings. The van der Waals surface area contributed by atoms with Crippen molar-refractivity contribution in [2.24, 2.45) is 0 Å². The van der Waals surface area contributed by atoms with Crippen LogP contribution in [-0.4, -0.2) is 27.4 Å². The van der Waals surface area contributed by atoms with Gasteiger partial charge >= 0.3 is 0 Å². The van der Waals surface area contributed by atoms with Crippen molar-refractivity contribution < 1.29 is 19.1 Å². The van der Waals surface area contributed by atoms with Crippen LogP contribution in [0.3, 0.4) is 0 Å². The van der Waals surface area contributed by atoms with E-state index in [9.17, 15) is 19.1 Å². The molecule has 0 atom stereocenters. The number of rotatable bonds is 5. The molecule has 6 nitrogen and oxygen atoms in total. The highest BCUT2D eigenvalue weighted by Crippen LogP contribution is 2.34. The van der Waals surface area contributed by atoms with Crippen LogP contribution < -0.4 is 10.6 Å². The maximum Gasteiger partial charge on any atom is 0.270 e. The van der Waals surface area contributed by atoms with E-state index in [1.807, 2.05) is 27.7 Å². The fraction of sp³-hybridized carbons (Fsp3) is 0.409. The third-order valence-electron chi connectivity index (χ3n) is 5.02. The smallest absolute Gasteiger partial charge is 0.270 e. The van der Waals surface area contributed by atoms with Crippen molar-refractivity contribution in [3.8, 4) is 5.75 Å². The molecule has 1 heterocycles. The molecule has 1 aromatic heterocycles. The number of carbonyl (C=O) groups is 2. The average Bonchev–Trinajstić information content (AvgIpc) is 3.33. The van der Waals surface area contributed by atoms with Gasteiger partial charge in [0.1, 0.15) is 17.3 Å². The normalized spacial score (nSPS) is 14.9. The molecular weight excluding hydrogens is 373 g/mol. The Labute approximate surface area is 169 Å². The first-order valence-corrected chi connectivity index (χ1v) is 9.57. The van der Waals surface area contributed by atoms with E-state index in [1.165, 1.54) is 24.4 Å². The first-order chi connectivity index (χ1) is 13.5. The maximum atomic E-state index is 14.4. The highest BCUT2D eigenvalue weighted by Gasteiger charge is 2.39. The first-order valence-electron chi connectivity index (χ1n) is 9.57. The van der Waals surface area contributed by atoms with E-state index in [0.717, 1.165) is 12.8 Å². The number of aromatic nitrogens is 1. The van der Waals surface area contributed by atoms with E-state index in [0.29, 0.717) is 11.3 Å². The summed E-state index contributed by atoms with van der Waals surface area (Å²) in [6, 6.07) is 5.60.